The van der Waals surface area contributed by atoms with Crippen LogP contribution in [0.1, 0.15) is 29.4 Å². The van der Waals surface area contributed by atoms with Crippen molar-refractivity contribution in [2.45, 2.75) is 25.9 Å². The Morgan fingerprint density at radius 1 is 1.10 bits per heavy atom. The van der Waals surface area contributed by atoms with Gasteiger partial charge in [0.25, 0.3) is 0 Å². The van der Waals surface area contributed by atoms with Crippen LogP contribution in [0.3, 0.4) is 0 Å². The van der Waals surface area contributed by atoms with Crippen LogP contribution in [0.2, 0.25) is 10.3 Å². The second-order valence-corrected chi connectivity index (χ2v) is 5.14. The van der Waals surface area contributed by atoms with Gasteiger partial charge in [-0.05, 0) is 18.1 Å². The van der Waals surface area contributed by atoms with Gasteiger partial charge in [-0.1, -0.05) is 48.3 Å². The van der Waals surface area contributed by atoms with E-state index in [1.807, 2.05) is 6.92 Å². The summed E-state index contributed by atoms with van der Waals surface area (Å²) in [4.78, 5) is 8.16. The largest absolute Gasteiger partial charge is 0.416 e. The normalized spacial score (nSPS) is 11.7. The van der Waals surface area contributed by atoms with Gasteiger partial charge in [0.05, 0.1) is 5.56 Å². The Morgan fingerprint density at radius 2 is 1.71 bits per heavy atom. The predicted molar refractivity (Wildman–Crippen MR) is 75.7 cm³/mol. The van der Waals surface area contributed by atoms with Crippen LogP contribution >= 0.6 is 23.2 Å². The van der Waals surface area contributed by atoms with Crippen LogP contribution in [0.5, 0.6) is 0 Å². The number of hydrogen-bond donors (Lipinski definition) is 0. The SMILES string of the molecule is CCc1c(Cl)nc(Cc2cccc(C(F)(F)F)c2)nc1Cl. The highest BCUT2D eigenvalue weighted by atomic mass is 35.5. The number of benzene rings is 1. The molecular formula is C14H11Cl2F3N2. The molecule has 0 radical (unpaired) electrons. The maximum atomic E-state index is 12.7. The van der Waals surface area contributed by atoms with E-state index >= 15 is 0 Å². The maximum absolute atomic E-state index is 12.7. The van der Waals surface area contributed by atoms with Crippen LogP contribution in [0.15, 0.2) is 24.3 Å². The van der Waals surface area contributed by atoms with Crippen LogP contribution < -0.4 is 0 Å². The Kier molecular flexibility index (Phi) is 4.74. The van der Waals surface area contributed by atoms with Crippen LogP contribution in [-0.2, 0) is 19.0 Å². The number of alkyl halides is 3. The third kappa shape index (κ3) is 3.86. The molecule has 0 spiro atoms. The molecule has 0 unspecified atom stereocenters. The van der Waals surface area contributed by atoms with E-state index in [1.165, 1.54) is 6.07 Å². The molecule has 7 heteroatoms. The molecule has 0 saturated carbocycles. The minimum Gasteiger partial charge on any atom is -0.220 e. The van der Waals surface area contributed by atoms with Crippen molar-refractivity contribution in [1.29, 1.82) is 0 Å². The van der Waals surface area contributed by atoms with Gasteiger partial charge in [0.15, 0.2) is 0 Å². The Balaban J connectivity index is 2.31. The van der Waals surface area contributed by atoms with Gasteiger partial charge >= 0.3 is 6.18 Å². The molecule has 1 aromatic heterocycles. The van der Waals surface area contributed by atoms with Crippen molar-refractivity contribution in [3.8, 4) is 0 Å². The smallest absolute Gasteiger partial charge is 0.220 e. The standard InChI is InChI=1S/C14H11Cl2F3N2/c1-2-10-12(15)20-11(21-13(10)16)7-8-4-3-5-9(6-8)14(17,18)19/h3-6H,2,7H2,1H3. The summed E-state index contributed by atoms with van der Waals surface area (Å²) >= 11 is 12.0. The van der Waals surface area contributed by atoms with Crippen molar-refractivity contribution >= 4 is 23.2 Å². The zero-order chi connectivity index (χ0) is 15.6. The molecule has 2 aromatic rings. The average Bonchev–Trinajstić information content (AvgIpc) is 2.37. The van der Waals surface area contributed by atoms with Crippen molar-refractivity contribution in [2.75, 3.05) is 0 Å². The van der Waals surface area contributed by atoms with Gasteiger partial charge in [-0.3, -0.25) is 0 Å². The first-order valence-electron chi connectivity index (χ1n) is 6.18. The molecule has 0 N–H and O–H groups in total. The fourth-order valence-corrected chi connectivity index (χ4v) is 2.57. The summed E-state index contributed by atoms with van der Waals surface area (Å²) < 4.78 is 38.0. The third-order valence-corrected chi connectivity index (χ3v) is 3.55. The molecule has 0 saturated heterocycles. The lowest BCUT2D eigenvalue weighted by Crippen LogP contribution is -2.06. The van der Waals surface area contributed by atoms with Crippen LogP contribution in [0.25, 0.3) is 0 Å². The van der Waals surface area contributed by atoms with Crippen molar-refractivity contribution in [3.63, 3.8) is 0 Å². The molecule has 1 heterocycles. The van der Waals surface area contributed by atoms with Crippen LogP contribution in [-0.4, -0.2) is 9.97 Å². The Morgan fingerprint density at radius 3 is 2.24 bits per heavy atom. The van der Waals surface area contributed by atoms with E-state index in [2.05, 4.69) is 9.97 Å². The van der Waals surface area contributed by atoms with E-state index in [1.54, 1.807) is 6.07 Å². The van der Waals surface area contributed by atoms with Gasteiger partial charge < -0.3 is 0 Å². The summed E-state index contributed by atoms with van der Waals surface area (Å²) in [6, 6.07) is 5.01. The van der Waals surface area contributed by atoms with Crippen molar-refractivity contribution < 1.29 is 13.2 Å². The van der Waals surface area contributed by atoms with Gasteiger partial charge in [-0.25, -0.2) is 9.97 Å². The van der Waals surface area contributed by atoms with Crippen molar-refractivity contribution in [1.82, 2.24) is 9.97 Å². The first kappa shape index (κ1) is 16.0. The van der Waals surface area contributed by atoms with Crippen LogP contribution in [0, 0.1) is 0 Å². The monoisotopic (exact) mass is 334 g/mol. The zero-order valence-electron chi connectivity index (χ0n) is 11.0. The second-order valence-electron chi connectivity index (χ2n) is 4.43. The third-order valence-electron chi connectivity index (χ3n) is 2.92. The van der Waals surface area contributed by atoms with Crippen molar-refractivity contribution in [2.24, 2.45) is 0 Å². The van der Waals surface area contributed by atoms with Gasteiger partial charge in [0.2, 0.25) is 0 Å². The topological polar surface area (TPSA) is 25.8 Å². The summed E-state index contributed by atoms with van der Waals surface area (Å²) in [5.74, 6) is 0.293. The van der Waals surface area contributed by atoms with E-state index in [4.69, 9.17) is 23.2 Å². The Hall–Kier alpha value is -1.33. The number of aromatic nitrogens is 2. The summed E-state index contributed by atoms with van der Waals surface area (Å²) in [7, 11) is 0. The summed E-state index contributed by atoms with van der Waals surface area (Å²) in [6.07, 6.45) is -3.66. The highest BCUT2D eigenvalue weighted by Gasteiger charge is 2.30. The molecule has 21 heavy (non-hydrogen) atoms. The zero-order valence-corrected chi connectivity index (χ0v) is 12.5. The molecule has 0 fully saturated rings. The molecule has 112 valence electrons. The summed E-state index contributed by atoms with van der Waals surface area (Å²) in [5.41, 5.74) is 0.370. The molecule has 0 bridgehead atoms. The average molecular weight is 335 g/mol. The van der Waals surface area contributed by atoms with E-state index in [9.17, 15) is 13.2 Å². The molecule has 1 aromatic carbocycles. The fourth-order valence-electron chi connectivity index (χ4n) is 1.88. The maximum Gasteiger partial charge on any atom is 0.416 e. The molecular weight excluding hydrogens is 324 g/mol. The van der Waals surface area contributed by atoms with Gasteiger partial charge in [-0.15, -0.1) is 0 Å². The first-order valence-corrected chi connectivity index (χ1v) is 6.93. The quantitative estimate of drug-likeness (QED) is 0.741. The molecule has 0 aliphatic carbocycles. The molecule has 0 atom stereocenters. The predicted octanol–water partition coefficient (Wildman–Crippen LogP) is 4.96. The Bertz CT molecular complexity index is 634. The van der Waals surface area contributed by atoms with E-state index in [-0.39, 0.29) is 16.7 Å². The first-order chi connectivity index (χ1) is 9.81. The molecule has 2 rings (SSSR count). The highest BCUT2D eigenvalue weighted by molar-refractivity contribution is 6.34. The molecule has 0 aliphatic heterocycles. The van der Waals surface area contributed by atoms with Crippen LogP contribution in [0.4, 0.5) is 13.2 Å². The lowest BCUT2D eigenvalue weighted by molar-refractivity contribution is -0.137. The molecule has 0 aliphatic rings. The van der Waals surface area contributed by atoms with Gasteiger partial charge in [0.1, 0.15) is 16.1 Å². The number of nitrogens with zero attached hydrogens (tertiary/aromatic N) is 2. The highest BCUT2D eigenvalue weighted by Crippen LogP contribution is 2.30. The fraction of sp³-hybridized carbons (Fsp3) is 0.286. The van der Waals surface area contributed by atoms with Gasteiger partial charge in [-0.2, -0.15) is 13.2 Å². The molecule has 0 amide bonds. The number of halogens is 5. The minimum atomic E-state index is -4.38. The van der Waals surface area contributed by atoms with Gasteiger partial charge in [0, 0.05) is 12.0 Å². The lowest BCUT2D eigenvalue weighted by atomic mass is 10.1. The lowest BCUT2D eigenvalue weighted by Gasteiger charge is -2.09. The summed E-state index contributed by atoms with van der Waals surface area (Å²) in [5, 5.41) is 0.471. The number of hydrogen-bond acceptors (Lipinski definition) is 2. The minimum absolute atomic E-state index is 0.132. The van der Waals surface area contributed by atoms with Crippen molar-refractivity contribution in [3.05, 3.63) is 57.1 Å². The summed E-state index contributed by atoms with van der Waals surface area (Å²) in [6.45, 7) is 1.86. The Labute approximate surface area is 129 Å². The van der Waals surface area contributed by atoms with E-state index in [0.29, 0.717) is 23.4 Å². The van der Waals surface area contributed by atoms with E-state index in [0.717, 1.165) is 12.1 Å². The van der Waals surface area contributed by atoms with E-state index < -0.39 is 11.7 Å². The number of rotatable bonds is 3. The molecule has 2 nitrogen and oxygen atoms in total. The second kappa shape index (κ2) is 6.20.